The van der Waals surface area contributed by atoms with Crippen molar-refractivity contribution in [2.75, 3.05) is 6.54 Å². The van der Waals surface area contributed by atoms with Gasteiger partial charge in [-0.15, -0.1) is 11.6 Å². The van der Waals surface area contributed by atoms with Gasteiger partial charge in [0.05, 0.1) is 0 Å². The molecule has 0 aliphatic heterocycles. The fourth-order valence-electron chi connectivity index (χ4n) is 2.93. The molecule has 1 aromatic rings. The van der Waals surface area contributed by atoms with Crippen LogP contribution in [-0.2, 0) is 5.88 Å². The molecule has 1 N–H and O–H groups in total. The summed E-state index contributed by atoms with van der Waals surface area (Å²) in [6.45, 7) is 3.09. The Morgan fingerprint density at radius 3 is 2.30 bits per heavy atom. The van der Waals surface area contributed by atoms with Crippen LogP contribution in [0.5, 0.6) is 0 Å². The zero-order valence-corrected chi connectivity index (χ0v) is 13.0. The van der Waals surface area contributed by atoms with Gasteiger partial charge >= 0.3 is 0 Å². The molecule has 1 aromatic carbocycles. The molecule has 0 saturated heterocycles. The van der Waals surface area contributed by atoms with E-state index >= 15 is 0 Å². The van der Waals surface area contributed by atoms with E-state index in [1.165, 1.54) is 32.1 Å². The minimum atomic E-state index is 0.0312. The predicted molar refractivity (Wildman–Crippen MR) is 84.1 cm³/mol. The molecule has 0 aromatic heterocycles. The van der Waals surface area contributed by atoms with Crippen LogP contribution in [-0.4, -0.2) is 12.5 Å². The van der Waals surface area contributed by atoms with Crippen LogP contribution in [0.2, 0.25) is 0 Å². The van der Waals surface area contributed by atoms with E-state index in [9.17, 15) is 4.79 Å². The summed E-state index contributed by atoms with van der Waals surface area (Å²) in [7, 11) is 0. The second-order valence-electron chi connectivity index (χ2n) is 5.84. The van der Waals surface area contributed by atoms with Crippen LogP contribution < -0.4 is 5.32 Å². The van der Waals surface area contributed by atoms with Gasteiger partial charge in [0, 0.05) is 18.0 Å². The highest BCUT2D eigenvalue weighted by Crippen LogP contribution is 2.30. The first-order valence-electron chi connectivity index (χ1n) is 7.66. The highest BCUT2D eigenvalue weighted by Gasteiger charge is 2.20. The van der Waals surface area contributed by atoms with Crippen LogP contribution in [0.4, 0.5) is 0 Å². The number of nitrogens with one attached hydrogen (secondary N) is 1. The van der Waals surface area contributed by atoms with Crippen molar-refractivity contribution in [3.8, 4) is 0 Å². The molecular formula is C17H24ClNO. The van der Waals surface area contributed by atoms with Gasteiger partial charge in [-0.05, 0) is 42.4 Å². The second kappa shape index (κ2) is 7.68. The van der Waals surface area contributed by atoms with Crippen LogP contribution in [0, 0.1) is 11.8 Å². The fraction of sp³-hybridized carbons (Fsp3) is 0.588. The molecule has 0 bridgehead atoms. The lowest BCUT2D eigenvalue weighted by atomic mass is 9.81. The molecule has 110 valence electrons. The zero-order valence-electron chi connectivity index (χ0n) is 12.2. The topological polar surface area (TPSA) is 29.1 Å². The van der Waals surface area contributed by atoms with E-state index in [-0.39, 0.29) is 5.91 Å². The number of hydrogen-bond acceptors (Lipinski definition) is 1. The van der Waals surface area contributed by atoms with E-state index in [2.05, 4.69) is 12.2 Å². The second-order valence-corrected chi connectivity index (χ2v) is 6.10. The third-order valence-electron chi connectivity index (χ3n) is 4.47. The maximum Gasteiger partial charge on any atom is 0.251 e. The van der Waals surface area contributed by atoms with Crippen molar-refractivity contribution in [2.45, 2.75) is 44.9 Å². The number of halogens is 1. The Morgan fingerprint density at radius 1 is 1.15 bits per heavy atom. The highest BCUT2D eigenvalue weighted by atomic mass is 35.5. The van der Waals surface area contributed by atoms with E-state index in [1.54, 1.807) is 0 Å². The van der Waals surface area contributed by atoms with Crippen LogP contribution in [0.3, 0.4) is 0 Å². The van der Waals surface area contributed by atoms with Crippen LogP contribution in [0.1, 0.15) is 54.9 Å². The lowest BCUT2D eigenvalue weighted by Crippen LogP contribution is -2.31. The van der Waals surface area contributed by atoms with Crippen LogP contribution in [0.15, 0.2) is 24.3 Å². The van der Waals surface area contributed by atoms with Gasteiger partial charge < -0.3 is 5.32 Å². The molecule has 0 atom stereocenters. The third-order valence-corrected chi connectivity index (χ3v) is 4.77. The summed E-state index contributed by atoms with van der Waals surface area (Å²) < 4.78 is 0. The van der Waals surface area contributed by atoms with Gasteiger partial charge in [-0.1, -0.05) is 38.3 Å². The van der Waals surface area contributed by atoms with Crippen molar-refractivity contribution in [3.05, 3.63) is 35.4 Å². The number of amides is 1. The van der Waals surface area contributed by atoms with Gasteiger partial charge in [0.15, 0.2) is 0 Å². The van der Waals surface area contributed by atoms with Gasteiger partial charge in [-0.2, -0.15) is 0 Å². The molecule has 3 heteroatoms. The Morgan fingerprint density at radius 2 is 1.75 bits per heavy atom. The van der Waals surface area contributed by atoms with Crippen molar-refractivity contribution >= 4 is 17.5 Å². The largest absolute Gasteiger partial charge is 0.352 e. The quantitative estimate of drug-likeness (QED) is 0.802. The van der Waals surface area contributed by atoms with E-state index in [0.717, 1.165) is 23.6 Å². The van der Waals surface area contributed by atoms with E-state index in [0.29, 0.717) is 11.8 Å². The Kier molecular flexibility index (Phi) is 5.90. The fourth-order valence-corrected chi connectivity index (χ4v) is 3.11. The zero-order chi connectivity index (χ0) is 14.4. The molecule has 1 aliphatic rings. The molecule has 1 aliphatic carbocycles. The van der Waals surface area contributed by atoms with Gasteiger partial charge in [0.1, 0.15) is 0 Å². The monoisotopic (exact) mass is 293 g/mol. The maximum atomic E-state index is 12.1. The highest BCUT2D eigenvalue weighted by molar-refractivity contribution is 6.17. The minimum absolute atomic E-state index is 0.0312. The predicted octanol–water partition coefficient (Wildman–Crippen LogP) is 4.37. The Hall–Kier alpha value is -1.02. The van der Waals surface area contributed by atoms with Crippen molar-refractivity contribution in [2.24, 2.45) is 11.8 Å². The molecule has 0 spiro atoms. The molecular weight excluding hydrogens is 270 g/mol. The summed E-state index contributed by atoms with van der Waals surface area (Å²) in [6.07, 6.45) is 6.45. The number of carbonyl (C=O) groups excluding carboxylic acids is 1. The van der Waals surface area contributed by atoms with Gasteiger partial charge in [0.2, 0.25) is 0 Å². The van der Waals surface area contributed by atoms with Crippen molar-refractivity contribution in [1.29, 1.82) is 0 Å². The Balaban J connectivity index is 1.77. The van der Waals surface area contributed by atoms with E-state index in [1.807, 2.05) is 24.3 Å². The average Bonchev–Trinajstić information content (AvgIpc) is 2.53. The SMILES string of the molecule is CCC1CCC(CNC(=O)c2ccc(CCl)cc2)CC1. The van der Waals surface area contributed by atoms with Gasteiger partial charge in [-0.3, -0.25) is 4.79 Å². The van der Waals surface area contributed by atoms with Gasteiger partial charge in [-0.25, -0.2) is 0 Å². The van der Waals surface area contributed by atoms with Gasteiger partial charge in [0.25, 0.3) is 5.91 Å². The third kappa shape index (κ3) is 4.24. The molecule has 1 saturated carbocycles. The number of benzene rings is 1. The number of rotatable bonds is 5. The Bertz CT molecular complexity index is 421. The number of carbonyl (C=O) groups is 1. The summed E-state index contributed by atoms with van der Waals surface area (Å²) in [6, 6.07) is 7.52. The summed E-state index contributed by atoms with van der Waals surface area (Å²) >= 11 is 5.74. The lowest BCUT2D eigenvalue weighted by molar-refractivity contribution is 0.0941. The smallest absolute Gasteiger partial charge is 0.251 e. The summed E-state index contributed by atoms with van der Waals surface area (Å²) in [4.78, 5) is 12.1. The van der Waals surface area contributed by atoms with Crippen molar-refractivity contribution in [1.82, 2.24) is 5.32 Å². The molecule has 2 rings (SSSR count). The molecule has 0 unspecified atom stereocenters. The minimum Gasteiger partial charge on any atom is -0.352 e. The maximum absolute atomic E-state index is 12.1. The molecule has 20 heavy (non-hydrogen) atoms. The normalized spacial score (nSPS) is 22.5. The van der Waals surface area contributed by atoms with Crippen molar-refractivity contribution < 1.29 is 4.79 Å². The van der Waals surface area contributed by atoms with E-state index < -0.39 is 0 Å². The molecule has 0 heterocycles. The lowest BCUT2D eigenvalue weighted by Gasteiger charge is -2.27. The first-order chi connectivity index (χ1) is 9.72. The first kappa shape index (κ1) is 15.4. The van der Waals surface area contributed by atoms with E-state index in [4.69, 9.17) is 11.6 Å². The summed E-state index contributed by atoms with van der Waals surface area (Å²) in [5.74, 6) is 2.08. The molecule has 0 radical (unpaired) electrons. The average molecular weight is 294 g/mol. The van der Waals surface area contributed by atoms with Crippen LogP contribution >= 0.6 is 11.6 Å². The van der Waals surface area contributed by atoms with Crippen molar-refractivity contribution in [3.63, 3.8) is 0 Å². The molecule has 1 amide bonds. The molecule has 2 nitrogen and oxygen atoms in total. The number of hydrogen-bond donors (Lipinski definition) is 1. The number of alkyl halides is 1. The standard InChI is InChI=1S/C17H24ClNO/c1-2-13-3-5-15(6-4-13)12-19-17(20)16-9-7-14(11-18)8-10-16/h7-10,13,15H,2-6,11-12H2,1H3,(H,19,20). The summed E-state index contributed by atoms with van der Waals surface area (Å²) in [5.41, 5.74) is 1.77. The first-order valence-corrected chi connectivity index (χ1v) is 8.19. The Labute approximate surface area is 126 Å². The summed E-state index contributed by atoms with van der Waals surface area (Å²) in [5, 5.41) is 3.07. The molecule has 1 fully saturated rings. The van der Waals surface area contributed by atoms with Crippen LogP contribution in [0.25, 0.3) is 0 Å².